The third-order valence-corrected chi connectivity index (χ3v) is 3.92. The van der Waals surface area contributed by atoms with E-state index in [1.54, 1.807) is 11.3 Å². The molecule has 0 amide bonds. The second kappa shape index (κ2) is 5.87. The Bertz CT molecular complexity index is 788. The second-order valence-electron chi connectivity index (χ2n) is 4.36. The molecule has 4 nitrogen and oxygen atoms in total. The lowest BCUT2D eigenvalue weighted by molar-refractivity contribution is 0.320. The highest BCUT2D eigenvalue weighted by molar-refractivity contribution is 7.18. The van der Waals surface area contributed by atoms with Crippen LogP contribution in [0, 0.1) is 6.92 Å². The molecule has 6 heteroatoms. The molecule has 1 aromatic carbocycles. The van der Waals surface area contributed by atoms with Crippen molar-refractivity contribution in [1.29, 1.82) is 0 Å². The number of rotatable bonds is 4. The van der Waals surface area contributed by atoms with Gasteiger partial charge < -0.3 is 9.47 Å². The lowest BCUT2D eigenvalue weighted by Gasteiger charge is -2.11. The number of halogens is 1. The first-order chi connectivity index (χ1) is 10.2. The first-order valence-corrected chi connectivity index (χ1v) is 7.70. The highest BCUT2D eigenvalue weighted by atomic mass is 35.5. The number of benzene rings is 1. The van der Waals surface area contributed by atoms with Gasteiger partial charge >= 0.3 is 0 Å². The van der Waals surface area contributed by atoms with Crippen LogP contribution in [0.1, 0.15) is 11.8 Å². The molecule has 3 rings (SSSR count). The fraction of sp³-hybridized carbons (Fsp3) is 0.200. The monoisotopic (exact) mass is 320 g/mol. The molecule has 0 spiro atoms. The summed E-state index contributed by atoms with van der Waals surface area (Å²) in [6, 6.07) is 9.48. The minimum atomic E-state index is 0.174. The Kier molecular flexibility index (Phi) is 3.94. The highest BCUT2D eigenvalue weighted by Crippen LogP contribution is 2.36. The van der Waals surface area contributed by atoms with Crippen molar-refractivity contribution in [3.05, 3.63) is 40.5 Å². The Morgan fingerprint density at radius 2 is 1.95 bits per heavy atom. The summed E-state index contributed by atoms with van der Waals surface area (Å²) in [7, 11) is 0. The Labute approximate surface area is 131 Å². The summed E-state index contributed by atoms with van der Waals surface area (Å²) in [5.74, 6) is 1.73. The van der Waals surface area contributed by atoms with Crippen LogP contribution in [0.3, 0.4) is 0 Å². The van der Waals surface area contributed by atoms with Gasteiger partial charge in [-0.15, -0.1) is 11.3 Å². The summed E-state index contributed by atoms with van der Waals surface area (Å²) < 4.78 is 11.5. The minimum absolute atomic E-state index is 0.174. The van der Waals surface area contributed by atoms with Crippen molar-refractivity contribution in [2.75, 3.05) is 6.61 Å². The molecular formula is C15H13ClN2O2S. The second-order valence-corrected chi connectivity index (χ2v) is 5.93. The maximum absolute atomic E-state index is 5.97. The van der Waals surface area contributed by atoms with Crippen LogP contribution in [0.5, 0.6) is 17.4 Å². The Balaban J connectivity index is 2.05. The number of nitrogens with zero attached hydrogens (tertiary/aromatic N) is 2. The standard InChI is InChI=1S/C15H13ClN2O2S/c1-3-19-11-6-4-5-7-12(11)20-13-10-8-9(2)21-14(10)18-15(16)17-13/h4-8H,3H2,1-2H3. The molecule has 0 N–H and O–H groups in total. The molecule has 0 radical (unpaired) electrons. The molecule has 2 aromatic heterocycles. The first kappa shape index (κ1) is 14.1. The molecule has 2 heterocycles. The lowest BCUT2D eigenvalue weighted by Crippen LogP contribution is -1.96. The molecule has 0 fully saturated rings. The summed E-state index contributed by atoms with van der Waals surface area (Å²) >= 11 is 7.53. The van der Waals surface area contributed by atoms with Crippen LogP contribution in [0.15, 0.2) is 30.3 Å². The van der Waals surface area contributed by atoms with Gasteiger partial charge in [-0.1, -0.05) is 12.1 Å². The van der Waals surface area contributed by atoms with E-state index in [0.29, 0.717) is 24.0 Å². The minimum Gasteiger partial charge on any atom is -0.490 e. The molecule has 108 valence electrons. The van der Waals surface area contributed by atoms with E-state index in [4.69, 9.17) is 21.1 Å². The topological polar surface area (TPSA) is 44.2 Å². The van der Waals surface area contributed by atoms with Crippen LogP contribution in [-0.2, 0) is 0 Å². The van der Waals surface area contributed by atoms with Gasteiger partial charge in [-0.2, -0.15) is 4.98 Å². The van der Waals surface area contributed by atoms with E-state index in [2.05, 4.69) is 9.97 Å². The van der Waals surface area contributed by atoms with E-state index in [0.717, 1.165) is 15.1 Å². The Morgan fingerprint density at radius 1 is 1.19 bits per heavy atom. The van der Waals surface area contributed by atoms with Crippen LogP contribution < -0.4 is 9.47 Å². The average molecular weight is 321 g/mol. The van der Waals surface area contributed by atoms with Gasteiger partial charge in [0.25, 0.3) is 0 Å². The number of aryl methyl sites for hydroxylation is 1. The van der Waals surface area contributed by atoms with Crippen molar-refractivity contribution in [2.24, 2.45) is 0 Å². The molecular weight excluding hydrogens is 308 g/mol. The van der Waals surface area contributed by atoms with E-state index in [-0.39, 0.29) is 5.28 Å². The summed E-state index contributed by atoms with van der Waals surface area (Å²) in [6.45, 7) is 4.51. The van der Waals surface area contributed by atoms with Crippen molar-refractivity contribution in [3.8, 4) is 17.4 Å². The molecule has 0 atom stereocenters. The molecule has 0 bridgehead atoms. The van der Waals surface area contributed by atoms with Crippen LogP contribution in [-0.4, -0.2) is 16.6 Å². The summed E-state index contributed by atoms with van der Waals surface area (Å²) in [4.78, 5) is 10.4. The Morgan fingerprint density at radius 3 is 2.71 bits per heavy atom. The number of hydrogen-bond donors (Lipinski definition) is 0. The summed E-state index contributed by atoms with van der Waals surface area (Å²) in [5, 5.41) is 1.03. The highest BCUT2D eigenvalue weighted by Gasteiger charge is 2.13. The molecule has 0 saturated carbocycles. The van der Waals surface area contributed by atoms with E-state index in [1.165, 1.54) is 0 Å². The fourth-order valence-electron chi connectivity index (χ4n) is 1.98. The molecule has 0 saturated heterocycles. The first-order valence-electron chi connectivity index (χ1n) is 6.50. The van der Waals surface area contributed by atoms with Crippen molar-refractivity contribution in [2.45, 2.75) is 13.8 Å². The number of aromatic nitrogens is 2. The zero-order chi connectivity index (χ0) is 14.8. The molecule has 21 heavy (non-hydrogen) atoms. The predicted octanol–water partition coefficient (Wildman–Crippen LogP) is 4.84. The smallest absolute Gasteiger partial charge is 0.232 e. The van der Waals surface area contributed by atoms with Gasteiger partial charge in [-0.3, -0.25) is 0 Å². The predicted molar refractivity (Wildman–Crippen MR) is 84.8 cm³/mol. The third kappa shape index (κ3) is 2.94. The van der Waals surface area contributed by atoms with Crippen LogP contribution in [0.25, 0.3) is 10.2 Å². The van der Waals surface area contributed by atoms with Gasteiger partial charge in [-0.25, -0.2) is 4.98 Å². The summed E-state index contributed by atoms with van der Waals surface area (Å²) in [5.41, 5.74) is 0. The third-order valence-electron chi connectivity index (χ3n) is 2.81. The van der Waals surface area contributed by atoms with E-state index in [1.807, 2.05) is 44.2 Å². The van der Waals surface area contributed by atoms with Crippen LogP contribution in [0.2, 0.25) is 5.28 Å². The van der Waals surface area contributed by atoms with Gasteiger partial charge in [0.15, 0.2) is 11.5 Å². The quantitative estimate of drug-likeness (QED) is 0.645. The number of para-hydroxylation sites is 2. The number of ether oxygens (including phenoxy) is 2. The fourth-order valence-corrected chi connectivity index (χ4v) is 3.06. The van der Waals surface area contributed by atoms with Gasteiger partial charge in [0.05, 0.1) is 12.0 Å². The van der Waals surface area contributed by atoms with Gasteiger partial charge in [-0.05, 0) is 43.6 Å². The van der Waals surface area contributed by atoms with Gasteiger partial charge in [0.1, 0.15) is 4.83 Å². The summed E-state index contributed by atoms with van der Waals surface area (Å²) in [6.07, 6.45) is 0. The number of fused-ring (bicyclic) bond motifs is 1. The lowest BCUT2D eigenvalue weighted by atomic mass is 10.3. The van der Waals surface area contributed by atoms with E-state index < -0.39 is 0 Å². The van der Waals surface area contributed by atoms with Crippen LogP contribution in [0.4, 0.5) is 0 Å². The van der Waals surface area contributed by atoms with Gasteiger partial charge in [0.2, 0.25) is 11.2 Å². The van der Waals surface area contributed by atoms with Crippen molar-refractivity contribution in [3.63, 3.8) is 0 Å². The molecule has 0 aliphatic heterocycles. The molecule has 0 unspecified atom stereocenters. The maximum Gasteiger partial charge on any atom is 0.232 e. The molecule has 0 aliphatic rings. The van der Waals surface area contributed by atoms with Crippen molar-refractivity contribution in [1.82, 2.24) is 9.97 Å². The van der Waals surface area contributed by atoms with Gasteiger partial charge in [0, 0.05) is 4.88 Å². The van der Waals surface area contributed by atoms with E-state index >= 15 is 0 Å². The molecule has 0 aliphatic carbocycles. The Hall–Kier alpha value is -1.85. The zero-order valence-electron chi connectivity index (χ0n) is 11.6. The van der Waals surface area contributed by atoms with Crippen molar-refractivity contribution >= 4 is 33.2 Å². The zero-order valence-corrected chi connectivity index (χ0v) is 13.2. The number of thiophene rings is 1. The SMILES string of the molecule is CCOc1ccccc1Oc1nc(Cl)nc2sc(C)cc12. The normalized spacial score (nSPS) is 10.8. The van der Waals surface area contributed by atoms with Crippen molar-refractivity contribution < 1.29 is 9.47 Å². The largest absolute Gasteiger partial charge is 0.490 e. The number of hydrogen-bond acceptors (Lipinski definition) is 5. The maximum atomic E-state index is 5.97. The molecule has 3 aromatic rings. The average Bonchev–Trinajstić information content (AvgIpc) is 2.81. The van der Waals surface area contributed by atoms with E-state index in [9.17, 15) is 0 Å². The van der Waals surface area contributed by atoms with Crippen LogP contribution >= 0.6 is 22.9 Å².